The lowest BCUT2D eigenvalue weighted by molar-refractivity contribution is -0.137. The van der Waals surface area contributed by atoms with Gasteiger partial charge in [-0.2, -0.15) is 0 Å². The quantitative estimate of drug-likeness (QED) is 0.476. The van der Waals surface area contributed by atoms with Crippen LogP contribution in [0.2, 0.25) is 5.02 Å². The van der Waals surface area contributed by atoms with E-state index in [4.69, 9.17) is 26.2 Å². The lowest BCUT2D eigenvalue weighted by Crippen LogP contribution is -2.50. The number of hydrogen-bond acceptors (Lipinski definition) is 6. The SMILES string of the molecule is COc1cc(/N=c2\[nH]c(=O)n(CCC(=O)O)c(=O)n2Cc2ccc(Cl)cc2)ccc1OC(C)C. The lowest BCUT2D eigenvalue weighted by atomic mass is 10.2. The minimum absolute atomic E-state index is 0.00361. The van der Waals surface area contributed by atoms with Gasteiger partial charge in [0, 0.05) is 17.6 Å². The summed E-state index contributed by atoms with van der Waals surface area (Å²) >= 11 is 5.96. The van der Waals surface area contributed by atoms with Crippen molar-refractivity contribution >= 4 is 23.3 Å². The normalized spacial score (nSPS) is 11.6. The fourth-order valence-electron chi connectivity index (χ4n) is 3.16. The Morgan fingerprint density at radius 3 is 2.44 bits per heavy atom. The van der Waals surface area contributed by atoms with E-state index in [1.807, 2.05) is 13.8 Å². The van der Waals surface area contributed by atoms with Gasteiger partial charge < -0.3 is 14.6 Å². The number of rotatable bonds is 9. The molecule has 0 amide bonds. The number of aromatic nitrogens is 3. The number of aliphatic carboxylic acids is 1. The molecule has 0 atom stereocenters. The number of benzene rings is 2. The Labute approximate surface area is 199 Å². The first-order valence-electron chi connectivity index (χ1n) is 10.5. The summed E-state index contributed by atoms with van der Waals surface area (Å²) in [7, 11) is 1.50. The molecule has 0 aliphatic carbocycles. The summed E-state index contributed by atoms with van der Waals surface area (Å²) in [5.74, 6) is -0.153. The van der Waals surface area contributed by atoms with Crippen molar-refractivity contribution in [2.24, 2.45) is 4.99 Å². The van der Waals surface area contributed by atoms with E-state index in [1.54, 1.807) is 42.5 Å². The summed E-state index contributed by atoms with van der Waals surface area (Å²) in [5.41, 5.74) is -0.306. The molecule has 34 heavy (non-hydrogen) atoms. The topological polar surface area (TPSA) is 128 Å². The average molecular weight is 489 g/mol. The van der Waals surface area contributed by atoms with Crippen LogP contribution >= 0.6 is 11.6 Å². The molecule has 0 saturated heterocycles. The van der Waals surface area contributed by atoms with E-state index in [0.29, 0.717) is 22.2 Å². The number of carboxylic acids is 1. The number of nitrogens with zero attached hydrogens (tertiary/aromatic N) is 3. The molecule has 0 unspecified atom stereocenters. The summed E-state index contributed by atoms with van der Waals surface area (Å²) in [6.07, 6.45) is -0.442. The highest BCUT2D eigenvalue weighted by atomic mass is 35.5. The maximum absolute atomic E-state index is 13.2. The average Bonchev–Trinajstić information content (AvgIpc) is 2.78. The van der Waals surface area contributed by atoms with Gasteiger partial charge in [0.1, 0.15) is 0 Å². The van der Waals surface area contributed by atoms with Gasteiger partial charge in [-0.3, -0.25) is 14.3 Å². The van der Waals surface area contributed by atoms with E-state index >= 15 is 0 Å². The molecule has 2 aromatic carbocycles. The van der Waals surface area contributed by atoms with Crippen LogP contribution in [0.15, 0.2) is 57.0 Å². The predicted octanol–water partition coefficient (Wildman–Crippen LogP) is 2.54. The number of carboxylic acid groups (broad SMARTS) is 1. The minimum atomic E-state index is -1.12. The molecule has 10 nitrogen and oxygen atoms in total. The molecule has 0 aliphatic heterocycles. The fraction of sp³-hybridized carbons (Fsp3) is 0.304. The fourth-order valence-corrected chi connectivity index (χ4v) is 3.29. The van der Waals surface area contributed by atoms with Crippen LogP contribution in [0.3, 0.4) is 0 Å². The van der Waals surface area contributed by atoms with Gasteiger partial charge in [0.2, 0.25) is 5.62 Å². The molecule has 0 spiro atoms. The Kier molecular flexibility index (Phi) is 7.95. The van der Waals surface area contributed by atoms with Gasteiger partial charge in [-0.25, -0.2) is 19.1 Å². The van der Waals surface area contributed by atoms with Crippen molar-refractivity contribution in [3.05, 3.63) is 79.6 Å². The monoisotopic (exact) mass is 488 g/mol. The zero-order valence-electron chi connectivity index (χ0n) is 18.9. The van der Waals surface area contributed by atoms with Gasteiger partial charge in [0.15, 0.2) is 11.5 Å². The number of ether oxygens (including phenoxy) is 2. The van der Waals surface area contributed by atoms with Crippen molar-refractivity contribution in [2.45, 2.75) is 39.5 Å². The van der Waals surface area contributed by atoms with Crippen LogP contribution in [0.1, 0.15) is 25.8 Å². The Morgan fingerprint density at radius 2 is 1.82 bits per heavy atom. The van der Waals surface area contributed by atoms with E-state index in [-0.39, 0.29) is 31.2 Å². The second kappa shape index (κ2) is 10.9. The molecular weight excluding hydrogens is 464 g/mol. The number of hydrogen-bond donors (Lipinski definition) is 2. The third-order valence-corrected chi connectivity index (χ3v) is 4.98. The standard InChI is InChI=1S/C23H25ClN4O6/c1-14(2)34-18-9-8-17(12-19(18)33-3)25-21-26-22(31)27(11-10-20(29)30)23(32)28(21)13-15-4-6-16(24)7-5-15/h4-9,12,14H,10-11,13H2,1-3H3,(H,29,30)(H,25,26,31). The third kappa shape index (κ3) is 6.16. The van der Waals surface area contributed by atoms with Gasteiger partial charge in [-0.05, 0) is 43.7 Å². The second-order valence-corrected chi connectivity index (χ2v) is 8.09. The first-order valence-corrected chi connectivity index (χ1v) is 10.9. The zero-order chi connectivity index (χ0) is 24.8. The van der Waals surface area contributed by atoms with Crippen molar-refractivity contribution in [3.63, 3.8) is 0 Å². The summed E-state index contributed by atoms with van der Waals surface area (Å²) in [6, 6.07) is 11.8. The summed E-state index contributed by atoms with van der Waals surface area (Å²) < 4.78 is 13.2. The van der Waals surface area contributed by atoms with Gasteiger partial charge in [0.25, 0.3) is 0 Å². The van der Waals surface area contributed by atoms with Crippen molar-refractivity contribution in [1.82, 2.24) is 14.1 Å². The maximum Gasteiger partial charge on any atom is 0.335 e. The highest BCUT2D eigenvalue weighted by Crippen LogP contribution is 2.31. The Bertz CT molecular complexity index is 1360. The molecule has 11 heteroatoms. The molecule has 0 bridgehead atoms. The molecule has 2 N–H and O–H groups in total. The Balaban J connectivity index is 2.16. The number of methoxy groups -OCH3 is 1. The van der Waals surface area contributed by atoms with Crippen LogP contribution < -0.4 is 26.5 Å². The number of H-pyrrole nitrogens is 1. The number of aromatic amines is 1. The molecule has 180 valence electrons. The highest BCUT2D eigenvalue weighted by Gasteiger charge is 2.12. The smallest absolute Gasteiger partial charge is 0.335 e. The number of nitrogens with one attached hydrogen (secondary N) is 1. The zero-order valence-corrected chi connectivity index (χ0v) is 19.7. The van der Waals surface area contributed by atoms with Gasteiger partial charge in [-0.15, -0.1) is 0 Å². The van der Waals surface area contributed by atoms with E-state index in [2.05, 4.69) is 9.98 Å². The third-order valence-electron chi connectivity index (χ3n) is 4.73. The van der Waals surface area contributed by atoms with Gasteiger partial charge >= 0.3 is 17.3 Å². The molecular formula is C23H25ClN4O6. The van der Waals surface area contributed by atoms with E-state index in [0.717, 1.165) is 10.1 Å². The van der Waals surface area contributed by atoms with Crippen molar-refractivity contribution in [2.75, 3.05) is 7.11 Å². The molecule has 0 saturated carbocycles. The molecule has 3 aromatic rings. The maximum atomic E-state index is 13.2. The number of halogens is 1. The van der Waals surface area contributed by atoms with Crippen LogP contribution in [0, 0.1) is 0 Å². The molecule has 0 radical (unpaired) electrons. The van der Waals surface area contributed by atoms with Crippen molar-refractivity contribution in [3.8, 4) is 11.5 Å². The van der Waals surface area contributed by atoms with Gasteiger partial charge in [0.05, 0.1) is 31.9 Å². The summed E-state index contributed by atoms with van der Waals surface area (Å²) in [4.78, 5) is 43.8. The molecule has 1 heterocycles. The van der Waals surface area contributed by atoms with Crippen LogP contribution in [0.25, 0.3) is 0 Å². The second-order valence-electron chi connectivity index (χ2n) is 7.66. The first-order chi connectivity index (χ1) is 16.2. The largest absolute Gasteiger partial charge is 0.493 e. The van der Waals surface area contributed by atoms with E-state index < -0.39 is 17.3 Å². The molecule has 1 aromatic heterocycles. The molecule has 0 aliphatic rings. The van der Waals surface area contributed by atoms with Crippen LogP contribution in [-0.4, -0.2) is 38.4 Å². The lowest BCUT2D eigenvalue weighted by Gasteiger charge is -2.14. The van der Waals surface area contributed by atoms with E-state index in [9.17, 15) is 14.4 Å². The van der Waals surface area contributed by atoms with E-state index in [1.165, 1.54) is 11.7 Å². The van der Waals surface area contributed by atoms with Crippen molar-refractivity contribution in [1.29, 1.82) is 0 Å². The van der Waals surface area contributed by atoms with Crippen LogP contribution in [-0.2, 0) is 17.9 Å². The summed E-state index contributed by atoms with van der Waals surface area (Å²) in [5, 5.41) is 9.51. The Hall–Kier alpha value is -3.79. The number of carbonyl (C=O) groups is 1. The van der Waals surface area contributed by atoms with Crippen LogP contribution in [0.5, 0.6) is 11.5 Å². The van der Waals surface area contributed by atoms with Gasteiger partial charge in [-0.1, -0.05) is 23.7 Å². The predicted molar refractivity (Wildman–Crippen MR) is 126 cm³/mol. The minimum Gasteiger partial charge on any atom is -0.493 e. The Morgan fingerprint density at radius 1 is 1.12 bits per heavy atom. The van der Waals surface area contributed by atoms with Crippen LogP contribution in [0.4, 0.5) is 5.69 Å². The highest BCUT2D eigenvalue weighted by molar-refractivity contribution is 6.30. The first kappa shape index (κ1) is 24.8. The molecule has 0 fully saturated rings. The molecule has 3 rings (SSSR count). The summed E-state index contributed by atoms with van der Waals surface area (Å²) in [6.45, 7) is 3.58. The van der Waals surface area contributed by atoms with Crippen molar-refractivity contribution < 1.29 is 19.4 Å².